The summed E-state index contributed by atoms with van der Waals surface area (Å²) < 4.78 is 38.3. The molecule has 0 unspecified atom stereocenters. The third kappa shape index (κ3) is 4.95. The maximum absolute atomic E-state index is 15.3. The molecule has 2 aliphatic rings. The number of nitrogens with zero attached hydrogens (tertiary/aromatic N) is 1. The lowest BCUT2D eigenvalue weighted by Gasteiger charge is -2.23. The second-order valence-electron chi connectivity index (χ2n) is 9.86. The summed E-state index contributed by atoms with van der Waals surface area (Å²) in [5, 5.41) is 5.91. The summed E-state index contributed by atoms with van der Waals surface area (Å²) in [5.41, 5.74) is 0.903. The van der Waals surface area contributed by atoms with Crippen LogP contribution in [0.3, 0.4) is 0 Å². The van der Waals surface area contributed by atoms with Gasteiger partial charge >= 0.3 is 0 Å². The first-order chi connectivity index (χ1) is 19.8. The van der Waals surface area contributed by atoms with Crippen LogP contribution in [0.2, 0.25) is 5.02 Å². The van der Waals surface area contributed by atoms with Crippen molar-refractivity contribution < 1.29 is 32.9 Å². The average Bonchev–Trinajstić information content (AvgIpc) is 3.79. The van der Waals surface area contributed by atoms with E-state index in [1.165, 1.54) is 19.4 Å². The van der Waals surface area contributed by atoms with Crippen molar-refractivity contribution in [1.82, 2.24) is 4.98 Å². The van der Waals surface area contributed by atoms with E-state index in [0.29, 0.717) is 59.9 Å². The second kappa shape index (κ2) is 10.4. The molecule has 0 bridgehead atoms. The highest BCUT2D eigenvalue weighted by Gasteiger charge is 2.56. The van der Waals surface area contributed by atoms with Gasteiger partial charge in [0.25, 0.3) is 0 Å². The Morgan fingerprint density at radius 1 is 0.951 bits per heavy atom. The summed E-state index contributed by atoms with van der Waals surface area (Å²) in [4.78, 5) is 30.4. The lowest BCUT2D eigenvalue weighted by atomic mass is 10.0. The number of nitrogens with one attached hydrogen (secondary N) is 2. The van der Waals surface area contributed by atoms with E-state index in [9.17, 15) is 9.59 Å². The number of hydrogen-bond acceptors (Lipinski definition) is 7. The van der Waals surface area contributed by atoms with Gasteiger partial charge < -0.3 is 29.6 Å². The number of pyridine rings is 1. The van der Waals surface area contributed by atoms with Crippen LogP contribution < -0.4 is 29.6 Å². The number of fused-ring (bicyclic) bond motifs is 3. The zero-order valence-electron chi connectivity index (χ0n) is 22.2. The summed E-state index contributed by atoms with van der Waals surface area (Å²) in [5.74, 6) is -0.448. The molecule has 11 heteroatoms. The Hall–Kier alpha value is -4.57. The molecule has 0 spiro atoms. The predicted molar refractivity (Wildman–Crippen MR) is 151 cm³/mol. The number of methoxy groups -OCH3 is 1. The number of carbonyl (C=O) groups is 2. The van der Waals surface area contributed by atoms with Gasteiger partial charge in [0, 0.05) is 30.1 Å². The van der Waals surface area contributed by atoms with Crippen molar-refractivity contribution in [3.8, 4) is 28.7 Å². The molecule has 1 aliphatic carbocycles. The number of halogens is 2. The third-order valence-electron chi connectivity index (χ3n) is 7.08. The predicted octanol–water partition coefficient (Wildman–Crippen LogP) is 6.27. The van der Waals surface area contributed by atoms with E-state index in [0.717, 1.165) is 11.6 Å². The fourth-order valence-corrected chi connectivity index (χ4v) is 4.84. The molecule has 1 fully saturated rings. The first-order valence-electron chi connectivity index (χ1n) is 12.9. The van der Waals surface area contributed by atoms with Crippen LogP contribution in [0.25, 0.3) is 10.9 Å². The standard InChI is InChI=1S/C30H25ClFN3O6/c1-16-3-5-17(6-4-16)34-28(36)30(8-9-30)29(37)35-20-14-19(32)23(13-18(20)31)41-22-7-10-33-21-15-24(38-2)26-27(25(21)22)40-12-11-39-26/h3-7,10,13-15H,8-9,11-12H2,1-2H3,(H,34,36)(H,35,37). The fourth-order valence-electron chi connectivity index (χ4n) is 4.64. The molecular weight excluding hydrogens is 553 g/mol. The van der Waals surface area contributed by atoms with Crippen molar-refractivity contribution in [2.75, 3.05) is 31.0 Å². The van der Waals surface area contributed by atoms with E-state index >= 15 is 4.39 Å². The number of benzene rings is 3. The van der Waals surface area contributed by atoms with Gasteiger partial charge in [0.2, 0.25) is 17.6 Å². The Morgan fingerprint density at radius 2 is 1.66 bits per heavy atom. The smallest absolute Gasteiger partial charge is 0.240 e. The molecule has 4 aromatic rings. The number of rotatable bonds is 7. The fraction of sp³-hybridized carbons (Fsp3) is 0.233. The maximum Gasteiger partial charge on any atom is 0.240 e. The van der Waals surface area contributed by atoms with E-state index in [1.807, 2.05) is 19.1 Å². The van der Waals surface area contributed by atoms with Crippen LogP contribution in [0.4, 0.5) is 15.8 Å². The number of aromatic nitrogens is 1. The highest BCUT2D eigenvalue weighted by atomic mass is 35.5. The Morgan fingerprint density at radius 3 is 2.37 bits per heavy atom. The van der Waals surface area contributed by atoms with Gasteiger partial charge in [0.05, 0.1) is 28.7 Å². The average molecular weight is 578 g/mol. The maximum atomic E-state index is 15.3. The number of hydrogen-bond donors (Lipinski definition) is 2. The summed E-state index contributed by atoms with van der Waals surface area (Å²) in [6, 6.07) is 12.8. The third-order valence-corrected chi connectivity index (χ3v) is 7.39. The highest BCUT2D eigenvalue weighted by molar-refractivity contribution is 6.34. The number of amides is 2. The van der Waals surface area contributed by atoms with Gasteiger partial charge in [-0.15, -0.1) is 0 Å². The molecule has 3 aromatic carbocycles. The summed E-state index contributed by atoms with van der Waals surface area (Å²) in [6.45, 7) is 2.59. The minimum atomic E-state index is -1.25. The van der Waals surface area contributed by atoms with Crippen LogP contribution in [-0.2, 0) is 9.59 Å². The summed E-state index contributed by atoms with van der Waals surface area (Å²) >= 11 is 6.44. The summed E-state index contributed by atoms with van der Waals surface area (Å²) in [7, 11) is 1.51. The van der Waals surface area contributed by atoms with Crippen LogP contribution >= 0.6 is 11.6 Å². The normalized spacial score (nSPS) is 14.7. The molecule has 0 radical (unpaired) electrons. The van der Waals surface area contributed by atoms with Crippen molar-refractivity contribution in [2.45, 2.75) is 19.8 Å². The largest absolute Gasteiger partial charge is 0.493 e. The highest BCUT2D eigenvalue weighted by Crippen LogP contribution is 2.50. The van der Waals surface area contributed by atoms with Gasteiger partial charge in [-0.3, -0.25) is 14.6 Å². The van der Waals surface area contributed by atoms with Crippen molar-refractivity contribution >= 4 is 45.7 Å². The molecule has 9 nitrogen and oxygen atoms in total. The molecule has 0 saturated heterocycles. The van der Waals surface area contributed by atoms with Gasteiger partial charge in [-0.2, -0.15) is 0 Å². The molecule has 210 valence electrons. The molecule has 2 heterocycles. The second-order valence-corrected chi connectivity index (χ2v) is 10.3. The summed E-state index contributed by atoms with van der Waals surface area (Å²) in [6.07, 6.45) is 2.25. The van der Waals surface area contributed by atoms with Crippen LogP contribution in [0.1, 0.15) is 18.4 Å². The first-order valence-corrected chi connectivity index (χ1v) is 13.3. The SMILES string of the molecule is COc1cc2nccc(Oc3cc(Cl)c(NC(=O)C4(C(=O)Nc5ccc(C)cc5)CC4)cc3F)c2c2c1OCCO2. The quantitative estimate of drug-likeness (QED) is 0.249. The first kappa shape index (κ1) is 26.6. The van der Waals surface area contributed by atoms with E-state index < -0.39 is 23.0 Å². The van der Waals surface area contributed by atoms with Gasteiger partial charge in [0.15, 0.2) is 23.1 Å². The van der Waals surface area contributed by atoms with Crippen LogP contribution in [-0.4, -0.2) is 37.1 Å². The van der Waals surface area contributed by atoms with Crippen LogP contribution in [0, 0.1) is 18.2 Å². The Balaban J connectivity index is 1.24. The van der Waals surface area contributed by atoms with Gasteiger partial charge in [-0.25, -0.2) is 4.39 Å². The molecule has 41 heavy (non-hydrogen) atoms. The van der Waals surface area contributed by atoms with E-state index in [4.69, 9.17) is 30.5 Å². The topological polar surface area (TPSA) is 108 Å². The van der Waals surface area contributed by atoms with E-state index in [2.05, 4.69) is 15.6 Å². The van der Waals surface area contributed by atoms with E-state index in [1.54, 1.807) is 24.3 Å². The van der Waals surface area contributed by atoms with Gasteiger partial charge in [0.1, 0.15) is 24.4 Å². The number of aryl methyl sites for hydroxylation is 1. The van der Waals surface area contributed by atoms with Crippen molar-refractivity contribution in [2.24, 2.45) is 5.41 Å². The number of ether oxygens (including phenoxy) is 4. The molecule has 2 N–H and O–H groups in total. The monoisotopic (exact) mass is 577 g/mol. The minimum Gasteiger partial charge on any atom is -0.493 e. The molecule has 0 atom stereocenters. The van der Waals surface area contributed by atoms with E-state index in [-0.39, 0.29) is 22.2 Å². The van der Waals surface area contributed by atoms with Crippen LogP contribution in [0.15, 0.2) is 54.7 Å². The number of anilines is 2. The molecule has 2 amide bonds. The zero-order valence-corrected chi connectivity index (χ0v) is 22.9. The zero-order chi connectivity index (χ0) is 28.7. The molecular formula is C30H25ClFN3O6. The Bertz CT molecular complexity index is 1690. The minimum absolute atomic E-state index is 0.0226. The van der Waals surface area contributed by atoms with Gasteiger partial charge in [-0.05, 0) is 38.0 Å². The van der Waals surface area contributed by atoms with Crippen molar-refractivity contribution in [1.29, 1.82) is 0 Å². The molecule has 1 aromatic heterocycles. The molecule has 6 rings (SSSR count). The Labute approximate surface area is 239 Å². The van der Waals surface area contributed by atoms with Crippen molar-refractivity contribution in [3.63, 3.8) is 0 Å². The lowest BCUT2D eigenvalue weighted by Crippen LogP contribution is -2.35. The van der Waals surface area contributed by atoms with Crippen LogP contribution in [0.5, 0.6) is 28.7 Å². The van der Waals surface area contributed by atoms with Gasteiger partial charge in [-0.1, -0.05) is 29.3 Å². The van der Waals surface area contributed by atoms with Crippen molar-refractivity contribution in [3.05, 3.63) is 71.1 Å². The lowest BCUT2D eigenvalue weighted by molar-refractivity contribution is -0.131. The molecule has 1 aliphatic heterocycles. The number of carbonyl (C=O) groups excluding carboxylic acids is 2. The molecule has 1 saturated carbocycles. The Kier molecular flexibility index (Phi) is 6.78.